The highest BCUT2D eigenvalue weighted by Crippen LogP contribution is 2.32. The van der Waals surface area contributed by atoms with Gasteiger partial charge in [-0.05, 0) is 62.8 Å². The first kappa shape index (κ1) is 18.5. The van der Waals surface area contributed by atoms with Gasteiger partial charge in [-0.15, -0.1) is 11.3 Å². The predicted molar refractivity (Wildman–Crippen MR) is 114 cm³/mol. The van der Waals surface area contributed by atoms with E-state index in [0.29, 0.717) is 6.54 Å². The van der Waals surface area contributed by atoms with E-state index < -0.39 is 0 Å². The predicted octanol–water partition coefficient (Wildman–Crippen LogP) is 4.56. The molecule has 1 saturated heterocycles. The SMILES string of the molecule is O=C(Nc1nc2c(s1)CCCC2)C1CCCN(c2ccnc3ccc(F)cc23)C1. The summed E-state index contributed by atoms with van der Waals surface area (Å²) in [5.41, 5.74) is 2.87. The van der Waals surface area contributed by atoms with Crippen molar-refractivity contribution in [2.45, 2.75) is 38.5 Å². The molecule has 7 heteroatoms. The number of amides is 1. The molecule has 150 valence electrons. The third-order valence-corrected chi connectivity index (χ3v) is 6.96. The summed E-state index contributed by atoms with van der Waals surface area (Å²) in [6.45, 7) is 1.47. The number of nitrogens with zero attached hydrogens (tertiary/aromatic N) is 3. The van der Waals surface area contributed by atoms with Crippen molar-refractivity contribution in [3.63, 3.8) is 0 Å². The molecule has 5 rings (SSSR count). The number of rotatable bonds is 3. The molecule has 29 heavy (non-hydrogen) atoms. The molecule has 1 N–H and O–H groups in total. The van der Waals surface area contributed by atoms with Gasteiger partial charge < -0.3 is 10.2 Å². The van der Waals surface area contributed by atoms with Crippen LogP contribution in [-0.4, -0.2) is 29.0 Å². The number of hydrogen-bond acceptors (Lipinski definition) is 5. The number of carbonyl (C=O) groups is 1. The highest BCUT2D eigenvalue weighted by Gasteiger charge is 2.28. The molecule has 0 bridgehead atoms. The lowest BCUT2D eigenvalue weighted by Crippen LogP contribution is -2.40. The number of anilines is 2. The Morgan fingerprint density at radius 1 is 1.21 bits per heavy atom. The van der Waals surface area contributed by atoms with Gasteiger partial charge in [0, 0.05) is 35.2 Å². The van der Waals surface area contributed by atoms with Gasteiger partial charge in [-0.2, -0.15) is 0 Å². The number of fused-ring (bicyclic) bond motifs is 2. The molecule has 1 aliphatic carbocycles. The third-order valence-electron chi connectivity index (χ3n) is 5.89. The van der Waals surface area contributed by atoms with E-state index in [1.807, 2.05) is 6.07 Å². The number of aromatic nitrogens is 2. The summed E-state index contributed by atoms with van der Waals surface area (Å²) < 4.78 is 13.8. The van der Waals surface area contributed by atoms with Gasteiger partial charge in [0.05, 0.1) is 17.1 Å². The van der Waals surface area contributed by atoms with Crippen LogP contribution in [0.1, 0.15) is 36.3 Å². The van der Waals surface area contributed by atoms with Crippen molar-refractivity contribution >= 4 is 39.0 Å². The Labute approximate surface area is 173 Å². The number of pyridine rings is 1. The fourth-order valence-electron chi connectivity index (χ4n) is 4.40. The van der Waals surface area contributed by atoms with Gasteiger partial charge in [0.15, 0.2) is 5.13 Å². The molecule has 3 heterocycles. The molecule has 0 saturated carbocycles. The minimum absolute atomic E-state index is 0.0327. The van der Waals surface area contributed by atoms with Crippen molar-refractivity contribution < 1.29 is 9.18 Å². The van der Waals surface area contributed by atoms with E-state index in [1.165, 1.54) is 29.9 Å². The van der Waals surface area contributed by atoms with Crippen LogP contribution in [0, 0.1) is 11.7 Å². The summed E-state index contributed by atoms with van der Waals surface area (Å²) in [5, 5.41) is 4.58. The first-order chi connectivity index (χ1) is 14.2. The van der Waals surface area contributed by atoms with Gasteiger partial charge in [-0.25, -0.2) is 9.37 Å². The van der Waals surface area contributed by atoms with Gasteiger partial charge in [0.1, 0.15) is 5.82 Å². The summed E-state index contributed by atoms with van der Waals surface area (Å²) in [6, 6.07) is 6.57. The number of nitrogens with one attached hydrogen (secondary N) is 1. The average Bonchev–Trinajstić information content (AvgIpc) is 3.15. The standard InChI is InChI=1S/C22H23FN4OS/c23-15-7-8-17-16(12-15)19(9-10-24-17)27-11-3-4-14(13-27)21(28)26-22-25-18-5-1-2-6-20(18)29-22/h7-10,12,14H,1-6,11,13H2,(H,25,26,28). The van der Waals surface area contributed by atoms with Crippen LogP contribution in [0.3, 0.4) is 0 Å². The van der Waals surface area contributed by atoms with Crippen molar-refractivity contribution in [2.24, 2.45) is 5.92 Å². The number of carbonyl (C=O) groups excluding carboxylic acids is 1. The van der Waals surface area contributed by atoms with Crippen molar-refractivity contribution in [1.82, 2.24) is 9.97 Å². The molecular weight excluding hydrogens is 387 g/mol. The average molecular weight is 411 g/mol. The zero-order chi connectivity index (χ0) is 19.8. The van der Waals surface area contributed by atoms with E-state index in [9.17, 15) is 9.18 Å². The molecule has 1 aliphatic heterocycles. The maximum Gasteiger partial charge on any atom is 0.231 e. The lowest BCUT2D eigenvalue weighted by atomic mass is 9.96. The lowest BCUT2D eigenvalue weighted by molar-refractivity contribution is -0.120. The van der Waals surface area contributed by atoms with E-state index in [1.54, 1.807) is 23.6 Å². The molecular formula is C22H23FN4OS. The minimum atomic E-state index is -0.272. The molecule has 1 atom stereocenters. The van der Waals surface area contributed by atoms with E-state index >= 15 is 0 Å². The minimum Gasteiger partial charge on any atom is -0.370 e. The second kappa shape index (κ2) is 7.71. The van der Waals surface area contributed by atoms with Gasteiger partial charge in [0.25, 0.3) is 0 Å². The van der Waals surface area contributed by atoms with Gasteiger partial charge in [-0.3, -0.25) is 9.78 Å². The van der Waals surface area contributed by atoms with E-state index in [2.05, 4.69) is 20.2 Å². The van der Waals surface area contributed by atoms with Crippen LogP contribution in [0.2, 0.25) is 0 Å². The van der Waals surface area contributed by atoms with Gasteiger partial charge in [0.2, 0.25) is 5.91 Å². The van der Waals surface area contributed by atoms with Crippen LogP contribution in [0.15, 0.2) is 30.5 Å². The summed E-state index contributed by atoms with van der Waals surface area (Å²) in [7, 11) is 0. The summed E-state index contributed by atoms with van der Waals surface area (Å²) in [6.07, 6.45) is 8.01. The highest BCUT2D eigenvalue weighted by atomic mass is 32.1. The van der Waals surface area contributed by atoms with E-state index in [-0.39, 0.29) is 17.6 Å². The fraction of sp³-hybridized carbons (Fsp3) is 0.409. The molecule has 0 radical (unpaired) electrons. The van der Waals surface area contributed by atoms with Crippen molar-refractivity contribution in [1.29, 1.82) is 0 Å². The first-order valence-corrected chi connectivity index (χ1v) is 11.1. The van der Waals surface area contributed by atoms with Gasteiger partial charge >= 0.3 is 0 Å². The number of halogens is 1. The molecule has 2 aromatic heterocycles. The van der Waals surface area contributed by atoms with Gasteiger partial charge in [-0.1, -0.05) is 0 Å². The molecule has 1 aromatic carbocycles. The second-order valence-electron chi connectivity index (χ2n) is 7.86. The molecule has 1 amide bonds. The maximum absolute atomic E-state index is 13.8. The van der Waals surface area contributed by atoms with Crippen LogP contribution in [-0.2, 0) is 17.6 Å². The molecule has 3 aromatic rings. The summed E-state index contributed by atoms with van der Waals surface area (Å²) in [4.78, 5) is 25.4. The Hall–Kier alpha value is -2.54. The number of aryl methyl sites for hydroxylation is 2. The first-order valence-electron chi connectivity index (χ1n) is 10.3. The number of hydrogen-bond donors (Lipinski definition) is 1. The third kappa shape index (κ3) is 3.71. The van der Waals surface area contributed by atoms with Crippen LogP contribution < -0.4 is 10.2 Å². The van der Waals surface area contributed by atoms with E-state index in [0.717, 1.165) is 59.6 Å². The number of piperidine rings is 1. The Kier molecular flexibility index (Phi) is 4.91. The largest absolute Gasteiger partial charge is 0.370 e. The smallest absolute Gasteiger partial charge is 0.231 e. The second-order valence-corrected chi connectivity index (χ2v) is 8.95. The molecule has 0 spiro atoms. The Bertz CT molecular complexity index is 1040. The highest BCUT2D eigenvalue weighted by molar-refractivity contribution is 7.15. The Morgan fingerprint density at radius 2 is 2.10 bits per heavy atom. The fourth-order valence-corrected chi connectivity index (χ4v) is 5.46. The zero-order valence-electron chi connectivity index (χ0n) is 16.2. The van der Waals surface area contributed by atoms with Crippen LogP contribution >= 0.6 is 11.3 Å². The Balaban J connectivity index is 1.33. The molecule has 1 fully saturated rings. The van der Waals surface area contributed by atoms with Crippen LogP contribution in [0.5, 0.6) is 0 Å². The van der Waals surface area contributed by atoms with Crippen molar-refractivity contribution in [2.75, 3.05) is 23.3 Å². The monoisotopic (exact) mass is 410 g/mol. The maximum atomic E-state index is 13.8. The van der Waals surface area contributed by atoms with E-state index in [4.69, 9.17) is 0 Å². The topological polar surface area (TPSA) is 58.1 Å². The summed E-state index contributed by atoms with van der Waals surface area (Å²) >= 11 is 1.62. The molecule has 1 unspecified atom stereocenters. The molecule has 2 aliphatic rings. The Morgan fingerprint density at radius 3 is 3.00 bits per heavy atom. The van der Waals surface area contributed by atoms with Crippen LogP contribution in [0.25, 0.3) is 10.9 Å². The summed E-state index contributed by atoms with van der Waals surface area (Å²) in [5.74, 6) is -0.349. The quantitative estimate of drug-likeness (QED) is 0.687. The number of benzene rings is 1. The van der Waals surface area contributed by atoms with Crippen molar-refractivity contribution in [3.8, 4) is 0 Å². The van der Waals surface area contributed by atoms with Crippen molar-refractivity contribution in [3.05, 3.63) is 46.9 Å². The van der Waals surface area contributed by atoms with Crippen LogP contribution in [0.4, 0.5) is 15.2 Å². The normalized spacial score (nSPS) is 19.2. The molecule has 5 nitrogen and oxygen atoms in total. The lowest BCUT2D eigenvalue weighted by Gasteiger charge is -2.34. The number of thiazole rings is 1. The zero-order valence-corrected chi connectivity index (χ0v) is 17.0.